The number of methoxy groups -OCH3 is 1. The number of rotatable bonds is 6. The molecule has 2 aromatic carbocycles. The topological polar surface area (TPSA) is 21.3 Å². The molecule has 0 saturated carbocycles. The average molecular weight is 309 g/mol. The van der Waals surface area contributed by atoms with E-state index in [-0.39, 0.29) is 4.90 Å². The van der Waals surface area contributed by atoms with Crippen LogP contribution in [0, 0.1) is 11.6 Å². The van der Waals surface area contributed by atoms with Crippen LogP contribution in [-0.2, 0) is 6.54 Å². The van der Waals surface area contributed by atoms with Crippen molar-refractivity contribution in [3.05, 3.63) is 53.6 Å². The Morgan fingerprint density at radius 2 is 1.86 bits per heavy atom. The number of nitrogens with one attached hydrogen (secondary N) is 1. The second-order valence-electron chi connectivity index (χ2n) is 4.45. The Balaban J connectivity index is 2.23. The normalized spacial score (nSPS) is 10.7. The Morgan fingerprint density at radius 1 is 1.14 bits per heavy atom. The SMILES string of the molecule is CCNCc1cc(F)c(Sc2cccc(OC)c2)c(F)c1. The fraction of sp³-hybridized carbons (Fsp3) is 0.250. The molecule has 2 rings (SSSR count). The maximum Gasteiger partial charge on any atom is 0.140 e. The van der Waals surface area contributed by atoms with Crippen LogP contribution >= 0.6 is 11.8 Å². The summed E-state index contributed by atoms with van der Waals surface area (Å²) in [6.45, 7) is 3.15. The van der Waals surface area contributed by atoms with Gasteiger partial charge in [-0.05, 0) is 42.4 Å². The van der Waals surface area contributed by atoms with Crippen LogP contribution < -0.4 is 10.1 Å². The molecule has 0 spiro atoms. The van der Waals surface area contributed by atoms with Crippen molar-refractivity contribution in [1.82, 2.24) is 5.32 Å². The van der Waals surface area contributed by atoms with E-state index in [1.54, 1.807) is 31.4 Å². The summed E-state index contributed by atoms with van der Waals surface area (Å²) in [5.41, 5.74) is 0.599. The van der Waals surface area contributed by atoms with Crippen LogP contribution in [0.2, 0.25) is 0 Å². The van der Waals surface area contributed by atoms with Crippen molar-refractivity contribution in [1.29, 1.82) is 0 Å². The van der Waals surface area contributed by atoms with Crippen molar-refractivity contribution >= 4 is 11.8 Å². The molecule has 0 radical (unpaired) electrons. The molecule has 0 amide bonds. The molecule has 0 heterocycles. The molecule has 0 saturated heterocycles. The fourth-order valence-corrected chi connectivity index (χ4v) is 2.73. The summed E-state index contributed by atoms with van der Waals surface area (Å²) in [4.78, 5) is 0.732. The van der Waals surface area contributed by atoms with Crippen molar-refractivity contribution in [3.8, 4) is 5.75 Å². The fourth-order valence-electron chi connectivity index (χ4n) is 1.86. The van der Waals surface area contributed by atoms with E-state index < -0.39 is 11.6 Å². The van der Waals surface area contributed by atoms with Gasteiger partial charge in [-0.3, -0.25) is 0 Å². The molecule has 1 N–H and O–H groups in total. The Hall–Kier alpha value is -1.59. The molecule has 0 bridgehead atoms. The summed E-state index contributed by atoms with van der Waals surface area (Å²) in [5.74, 6) is -0.434. The van der Waals surface area contributed by atoms with Gasteiger partial charge >= 0.3 is 0 Å². The molecule has 0 unspecified atom stereocenters. The Labute approximate surface area is 127 Å². The van der Waals surface area contributed by atoms with Crippen LogP contribution in [0.3, 0.4) is 0 Å². The molecule has 0 fully saturated rings. The van der Waals surface area contributed by atoms with Gasteiger partial charge in [0.25, 0.3) is 0 Å². The number of ether oxygens (including phenoxy) is 1. The minimum absolute atomic E-state index is 0.00324. The van der Waals surface area contributed by atoms with Gasteiger partial charge in [0.05, 0.1) is 12.0 Å². The van der Waals surface area contributed by atoms with Gasteiger partial charge in [-0.15, -0.1) is 0 Å². The first-order valence-corrected chi connectivity index (χ1v) is 7.46. The maximum atomic E-state index is 14.1. The van der Waals surface area contributed by atoms with Crippen LogP contribution in [0.4, 0.5) is 8.78 Å². The van der Waals surface area contributed by atoms with Crippen LogP contribution in [0.5, 0.6) is 5.75 Å². The number of halogens is 2. The molecule has 21 heavy (non-hydrogen) atoms. The van der Waals surface area contributed by atoms with E-state index >= 15 is 0 Å². The van der Waals surface area contributed by atoms with E-state index in [0.717, 1.165) is 23.2 Å². The van der Waals surface area contributed by atoms with E-state index in [4.69, 9.17) is 4.74 Å². The molecule has 2 aromatic rings. The lowest BCUT2D eigenvalue weighted by atomic mass is 10.2. The molecule has 0 atom stereocenters. The van der Waals surface area contributed by atoms with Crippen molar-refractivity contribution < 1.29 is 13.5 Å². The number of hydrogen-bond acceptors (Lipinski definition) is 3. The maximum absolute atomic E-state index is 14.1. The average Bonchev–Trinajstić information content (AvgIpc) is 2.49. The predicted molar refractivity (Wildman–Crippen MR) is 80.9 cm³/mol. The summed E-state index contributed by atoms with van der Waals surface area (Å²) in [5, 5.41) is 3.05. The van der Waals surface area contributed by atoms with Gasteiger partial charge in [0, 0.05) is 11.4 Å². The first-order valence-electron chi connectivity index (χ1n) is 6.64. The molecule has 0 aliphatic heterocycles. The molecule has 0 aliphatic rings. The lowest BCUT2D eigenvalue weighted by Gasteiger charge is -2.09. The molecule has 2 nitrogen and oxygen atoms in total. The van der Waals surface area contributed by atoms with Gasteiger partial charge in [0.2, 0.25) is 0 Å². The standard InChI is InChI=1S/C16H17F2NOS/c1-3-19-10-11-7-14(17)16(15(18)8-11)21-13-6-4-5-12(9-13)20-2/h4-9,19H,3,10H2,1-2H3. The first kappa shape index (κ1) is 15.8. The van der Waals surface area contributed by atoms with Gasteiger partial charge in [-0.2, -0.15) is 0 Å². The predicted octanol–water partition coefficient (Wildman–Crippen LogP) is 4.23. The Morgan fingerprint density at radius 3 is 2.48 bits per heavy atom. The van der Waals surface area contributed by atoms with Gasteiger partial charge < -0.3 is 10.1 Å². The quantitative estimate of drug-likeness (QED) is 0.862. The summed E-state index contributed by atoms with van der Waals surface area (Å²) in [6.07, 6.45) is 0. The zero-order valence-electron chi connectivity index (χ0n) is 12.0. The molecule has 0 aromatic heterocycles. The number of hydrogen-bond donors (Lipinski definition) is 1. The highest BCUT2D eigenvalue weighted by atomic mass is 32.2. The van der Waals surface area contributed by atoms with Gasteiger partial charge in [0.1, 0.15) is 17.4 Å². The van der Waals surface area contributed by atoms with E-state index in [1.165, 1.54) is 12.1 Å². The first-order chi connectivity index (χ1) is 10.1. The number of benzene rings is 2. The van der Waals surface area contributed by atoms with Crippen molar-refractivity contribution in [3.63, 3.8) is 0 Å². The van der Waals surface area contributed by atoms with E-state index in [1.807, 2.05) is 6.92 Å². The third-order valence-corrected chi connectivity index (χ3v) is 3.98. The summed E-state index contributed by atoms with van der Waals surface area (Å²) in [7, 11) is 1.56. The van der Waals surface area contributed by atoms with E-state index in [0.29, 0.717) is 17.9 Å². The van der Waals surface area contributed by atoms with Crippen molar-refractivity contribution in [2.24, 2.45) is 0 Å². The molecule has 0 aliphatic carbocycles. The lowest BCUT2D eigenvalue weighted by Crippen LogP contribution is -2.12. The third-order valence-electron chi connectivity index (χ3n) is 2.90. The minimum atomic E-state index is -0.546. The second-order valence-corrected chi connectivity index (χ2v) is 5.53. The van der Waals surface area contributed by atoms with Gasteiger partial charge in [-0.25, -0.2) is 8.78 Å². The summed E-state index contributed by atoms with van der Waals surface area (Å²) in [6, 6.07) is 9.85. The Kier molecular flexibility index (Phi) is 5.59. The highest BCUT2D eigenvalue weighted by Gasteiger charge is 2.13. The van der Waals surface area contributed by atoms with Gasteiger partial charge in [0.15, 0.2) is 0 Å². The smallest absolute Gasteiger partial charge is 0.140 e. The van der Waals surface area contributed by atoms with Crippen molar-refractivity contribution in [2.45, 2.75) is 23.3 Å². The van der Waals surface area contributed by atoms with E-state index in [2.05, 4.69) is 5.32 Å². The Bertz CT molecular complexity index is 596. The highest BCUT2D eigenvalue weighted by molar-refractivity contribution is 7.99. The largest absolute Gasteiger partial charge is 0.497 e. The minimum Gasteiger partial charge on any atom is -0.497 e. The third kappa shape index (κ3) is 4.19. The summed E-state index contributed by atoms with van der Waals surface area (Å²) < 4.78 is 33.3. The van der Waals surface area contributed by atoms with Crippen molar-refractivity contribution in [2.75, 3.05) is 13.7 Å². The lowest BCUT2D eigenvalue weighted by molar-refractivity contribution is 0.413. The van der Waals surface area contributed by atoms with Crippen LogP contribution in [0.15, 0.2) is 46.2 Å². The van der Waals surface area contributed by atoms with Gasteiger partial charge in [-0.1, -0.05) is 24.8 Å². The molecular weight excluding hydrogens is 292 g/mol. The highest BCUT2D eigenvalue weighted by Crippen LogP contribution is 2.34. The van der Waals surface area contributed by atoms with Crippen LogP contribution in [0.25, 0.3) is 0 Å². The monoisotopic (exact) mass is 309 g/mol. The molecule has 5 heteroatoms. The zero-order valence-corrected chi connectivity index (χ0v) is 12.8. The molecular formula is C16H17F2NOS. The summed E-state index contributed by atoms with van der Waals surface area (Å²) >= 11 is 1.05. The molecule has 112 valence electrons. The zero-order chi connectivity index (χ0) is 15.2. The van der Waals surface area contributed by atoms with Crippen LogP contribution in [0.1, 0.15) is 12.5 Å². The second kappa shape index (κ2) is 7.43. The van der Waals surface area contributed by atoms with Crippen LogP contribution in [-0.4, -0.2) is 13.7 Å². The van der Waals surface area contributed by atoms with E-state index in [9.17, 15) is 8.78 Å².